The number of aliphatic hydroxyl groups excluding tert-OH is 1. The average molecular weight is 236 g/mol. The molecular weight excluding hydrogens is 220 g/mol. The highest BCUT2D eigenvalue weighted by Gasteiger charge is 2.19. The number of aromatic amines is 1. The van der Waals surface area contributed by atoms with E-state index >= 15 is 0 Å². The van der Waals surface area contributed by atoms with Crippen molar-refractivity contribution in [2.45, 2.75) is 25.8 Å². The Balaban J connectivity index is 2.38. The maximum atomic E-state index is 11.7. The Kier molecular flexibility index (Phi) is 3.28. The fourth-order valence-corrected chi connectivity index (χ4v) is 2.13. The van der Waals surface area contributed by atoms with Crippen LogP contribution < -0.4 is 11.2 Å². The van der Waals surface area contributed by atoms with Crippen molar-refractivity contribution in [1.29, 1.82) is 0 Å². The third kappa shape index (κ3) is 2.39. The normalized spacial score (nSPS) is 23.9. The Morgan fingerprint density at radius 2 is 2.29 bits per heavy atom. The first-order valence-corrected chi connectivity index (χ1v) is 5.71. The van der Waals surface area contributed by atoms with Crippen LogP contribution in [0.25, 0.3) is 0 Å². The van der Waals surface area contributed by atoms with Crippen LogP contribution >= 0.6 is 0 Å². The quantitative estimate of drug-likeness (QED) is 0.727. The maximum Gasteiger partial charge on any atom is 0.328 e. The van der Waals surface area contributed by atoms with Crippen LogP contribution in [0.5, 0.6) is 0 Å². The molecule has 1 aliphatic rings. The van der Waals surface area contributed by atoms with Crippen molar-refractivity contribution in [2.75, 3.05) is 6.61 Å². The summed E-state index contributed by atoms with van der Waals surface area (Å²) in [5.74, 6) is 0.184. The molecule has 0 aromatic carbocycles. The molecule has 17 heavy (non-hydrogen) atoms. The van der Waals surface area contributed by atoms with Crippen molar-refractivity contribution in [3.05, 3.63) is 44.8 Å². The third-order valence-corrected chi connectivity index (χ3v) is 3.16. The number of nitrogens with zero attached hydrogens (tertiary/aromatic N) is 1. The Labute approximate surface area is 98.4 Å². The second-order valence-electron chi connectivity index (χ2n) is 4.49. The van der Waals surface area contributed by atoms with Crippen LogP contribution in [0, 0.1) is 12.8 Å². The van der Waals surface area contributed by atoms with Crippen molar-refractivity contribution in [3.8, 4) is 0 Å². The summed E-state index contributed by atoms with van der Waals surface area (Å²) in [5.41, 5.74) is -0.220. The Morgan fingerprint density at radius 3 is 3.00 bits per heavy atom. The molecule has 92 valence electrons. The van der Waals surface area contributed by atoms with E-state index in [1.54, 1.807) is 13.1 Å². The Hall–Kier alpha value is -1.62. The molecule has 0 unspecified atom stereocenters. The highest BCUT2D eigenvalue weighted by atomic mass is 16.3. The van der Waals surface area contributed by atoms with E-state index in [1.165, 1.54) is 4.57 Å². The molecule has 2 N–H and O–H groups in total. The van der Waals surface area contributed by atoms with Crippen molar-refractivity contribution >= 4 is 0 Å². The van der Waals surface area contributed by atoms with Crippen molar-refractivity contribution in [3.63, 3.8) is 0 Å². The highest BCUT2D eigenvalue weighted by molar-refractivity contribution is 5.06. The van der Waals surface area contributed by atoms with E-state index in [4.69, 9.17) is 5.11 Å². The molecular formula is C12H16N2O3. The van der Waals surface area contributed by atoms with E-state index in [0.717, 1.165) is 12.8 Å². The van der Waals surface area contributed by atoms with Gasteiger partial charge in [-0.25, -0.2) is 4.79 Å². The molecule has 1 aliphatic carbocycles. The van der Waals surface area contributed by atoms with Gasteiger partial charge in [0.25, 0.3) is 5.56 Å². The van der Waals surface area contributed by atoms with Crippen molar-refractivity contribution in [1.82, 2.24) is 9.55 Å². The summed E-state index contributed by atoms with van der Waals surface area (Å²) in [7, 11) is 0. The largest absolute Gasteiger partial charge is 0.396 e. The molecule has 0 spiro atoms. The van der Waals surface area contributed by atoms with Gasteiger partial charge in [0, 0.05) is 18.4 Å². The summed E-state index contributed by atoms with van der Waals surface area (Å²) >= 11 is 0. The van der Waals surface area contributed by atoms with E-state index in [1.807, 2.05) is 12.2 Å². The molecule has 2 rings (SSSR count). The second-order valence-corrected chi connectivity index (χ2v) is 4.49. The van der Waals surface area contributed by atoms with Crippen LogP contribution in [0.1, 0.15) is 24.4 Å². The molecule has 1 heterocycles. The number of allylic oxidation sites excluding steroid dienone is 2. The number of rotatable bonds is 2. The maximum absolute atomic E-state index is 11.7. The predicted octanol–water partition coefficient (Wildman–Crippen LogP) is 0.345. The zero-order valence-electron chi connectivity index (χ0n) is 9.72. The number of aliphatic hydroxyl groups is 1. The predicted molar refractivity (Wildman–Crippen MR) is 64.0 cm³/mol. The zero-order valence-corrected chi connectivity index (χ0v) is 9.72. The Morgan fingerprint density at radius 1 is 1.53 bits per heavy atom. The van der Waals surface area contributed by atoms with Gasteiger partial charge in [-0.15, -0.1) is 0 Å². The summed E-state index contributed by atoms with van der Waals surface area (Å²) in [5, 5.41) is 9.14. The van der Waals surface area contributed by atoms with Crippen LogP contribution in [0.3, 0.4) is 0 Å². The SMILES string of the molecule is Cc1cn([C@H]2C=CC[C@@H](CO)C2)c(=O)[nH]c1=O. The molecule has 0 amide bonds. The number of hydrogen-bond acceptors (Lipinski definition) is 3. The fraction of sp³-hybridized carbons (Fsp3) is 0.500. The summed E-state index contributed by atoms with van der Waals surface area (Å²) in [6.45, 7) is 1.79. The first-order valence-electron chi connectivity index (χ1n) is 5.71. The van der Waals surface area contributed by atoms with Gasteiger partial charge in [0.2, 0.25) is 0 Å². The molecule has 5 heteroatoms. The van der Waals surface area contributed by atoms with Gasteiger partial charge in [-0.2, -0.15) is 0 Å². The second kappa shape index (κ2) is 4.71. The lowest BCUT2D eigenvalue weighted by molar-refractivity contribution is 0.203. The smallest absolute Gasteiger partial charge is 0.328 e. The van der Waals surface area contributed by atoms with Crippen LogP contribution in [-0.2, 0) is 0 Å². The van der Waals surface area contributed by atoms with Crippen molar-refractivity contribution in [2.24, 2.45) is 5.92 Å². The molecule has 0 radical (unpaired) electrons. The zero-order chi connectivity index (χ0) is 12.4. The molecule has 1 aromatic heterocycles. The van der Waals surface area contributed by atoms with E-state index in [0.29, 0.717) is 5.56 Å². The van der Waals surface area contributed by atoms with E-state index in [2.05, 4.69) is 4.98 Å². The van der Waals surface area contributed by atoms with Crippen LogP contribution in [0.4, 0.5) is 0 Å². The minimum absolute atomic E-state index is 0.0797. The van der Waals surface area contributed by atoms with E-state index < -0.39 is 5.69 Å². The van der Waals surface area contributed by atoms with Crippen molar-refractivity contribution < 1.29 is 5.11 Å². The number of hydrogen-bond donors (Lipinski definition) is 2. The molecule has 0 aliphatic heterocycles. The van der Waals surface area contributed by atoms with Crippen LogP contribution in [-0.4, -0.2) is 21.3 Å². The molecule has 2 atom stereocenters. The minimum atomic E-state index is -0.395. The summed E-state index contributed by atoms with van der Waals surface area (Å²) < 4.78 is 1.52. The van der Waals surface area contributed by atoms with E-state index in [-0.39, 0.29) is 24.1 Å². The van der Waals surface area contributed by atoms with Gasteiger partial charge in [-0.1, -0.05) is 12.2 Å². The van der Waals surface area contributed by atoms with Gasteiger partial charge in [-0.05, 0) is 25.7 Å². The van der Waals surface area contributed by atoms with Gasteiger partial charge < -0.3 is 5.11 Å². The molecule has 5 nitrogen and oxygen atoms in total. The molecule has 0 bridgehead atoms. The van der Waals surface area contributed by atoms with Gasteiger partial charge in [-0.3, -0.25) is 14.3 Å². The first kappa shape index (κ1) is 11.9. The highest BCUT2D eigenvalue weighted by Crippen LogP contribution is 2.25. The molecule has 0 saturated carbocycles. The molecule has 0 fully saturated rings. The van der Waals surface area contributed by atoms with E-state index in [9.17, 15) is 9.59 Å². The number of H-pyrrole nitrogens is 1. The topological polar surface area (TPSA) is 75.1 Å². The first-order chi connectivity index (χ1) is 8.11. The van der Waals surface area contributed by atoms with Crippen LogP contribution in [0.2, 0.25) is 0 Å². The van der Waals surface area contributed by atoms with Crippen LogP contribution in [0.15, 0.2) is 27.9 Å². The van der Waals surface area contributed by atoms with Gasteiger partial charge in [0.15, 0.2) is 0 Å². The minimum Gasteiger partial charge on any atom is -0.396 e. The number of aryl methyl sites for hydroxylation is 1. The molecule has 0 saturated heterocycles. The summed E-state index contributed by atoms with van der Waals surface area (Å²) in [6.07, 6.45) is 7.06. The fourth-order valence-electron chi connectivity index (χ4n) is 2.13. The lowest BCUT2D eigenvalue weighted by Gasteiger charge is -2.24. The Bertz CT molecular complexity index is 541. The van der Waals surface area contributed by atoms with Gasteiger partial charge in [0.05, 0.1) is 6.04 Å². The molecule has 1 aromatic rings. The van der Waals surface area contributed by atoms with Gasteiger partial charge >= 0.3 is 5.69 Å². The number of aromatic nitrogens is 2. The van der Waals surface area contributed by atoms with Gasteiger partial charge in [0.1, 0.15) is 0 Å². The standard InChI is InChI=1S/C12H16N2O3/c1-8-6-14(12(17)13-11(8)16)10-4-2-3-9(5-10)7-15/h2,4,6,9-10,15H,3,5,7H2,1H3,(H,13,16,17)/t9-,10+/m1/s1. The summed E-state index contributed by atoms with van der Waals surface area (Å²) in [6, 6.07) is -0.0797. The third-order valence-electron chi connectivity index (χ3n) is 3.16. The summed E-state index contributed by atoms with van der Waals surface area (Å²) in [4.78, 5) is 25.3. The average Bonchev–Trinajstić information content (AvgIpc) is 2.34. The lowest BCUT2D eigenvalue weighted by atomic mass is 9.91. The monoisotopic (exact) mass is 236 g/mol. The lowest BCUT2D eigenvalue weighted by Crippen LogP contribution is -2.34. The number of nitrogens with one attached hydrogen (secondary N) is 1.